The van der Waals surface area contributed by atoms with Crippen LogP contribution in [-0.2, 0) is 0 Å². The van der Waals surface area contributed by atoms with Gasteiger partial charge in [0.25, 0.3) is 0 Å². The van der Waals surface area contributed by atoms with Gasteiger partial charge in [-0.2, -0.15) is 0 Å². The average Bonchev–Trinajstić information content (AvgIpc) is 1.98. The molecule has 0 aliphatic heterocycles. The van der Waals surface area contributed by atoms with Crippen LogP contribution >= 0.6 is 0 Å². The minimum Gasteiger partial charge on any atom is -0.376 e. The third kappa shape index (κ3) is 6.62. The van der Waals surface area contributed by atoms with E-state index in [0.717, 1.165) is 25.8 Å². The monoisotopic (exact) mass is 173 g/mol. The van der Waals surface area contributed by atoms with Crippen LogP contribution in [0.5, 0.6) is 0 Å². The van der Waals surface area contributed by atoms with Crippen LogP contribution in [0.1, 0.15) is 47.0 Å². The first-order chi connectivity index (χ1) is 5.48. The third-order valence-electron chi connectivity index (χ3n) is 1.91. The van der Waals surface area contributed by atoms with Crippen molar-refractivity contribution in [1.82, 2.24) is 5.32 Å². The fourth-order valence-corrected chi connectivity index (χ4v) is 1.03. The van der Waals surface area contributed by atoms with Crippen LogP contribution < -0.4 is 5.32 Å². The van der Waals surface area contributed by atoms with E-state index in [-0.39, 0.29) is 0 Å². The number of rotatable bonds is 6. The molecule has 0 fully saturated rings. The van der Waals surface area contributed by atoms with Crippen molar-refractivity contribution in [3.8, 4) is 0 Å². The van der Waals surface area contributed by atoms with E-state index in [1.54, 1.807) is 0 Å². The average molecular weight is 173 g/mol. The molecule has 0 aliphatic rings. The summed E-state index contributed by atoms with van der Waals surface area (Å²) >= 11 is 0. The number of unbranched alkanes of at least 4 members (excludes halogenated alkanes) is 1. The highest BCUT2D eigenvalue weighted by Crippen LogP contribution is 2.10. The summed E-state index contributed by atoms with van der Waals surface area (Å²) in [6.07, 6.45) is 3.06. The van der Waals surface area contributed by atoms with Crippen molar-refractivity contribution in [2.45, 2.75) is 52.7 Å². The molecular weight excluding hydrogens is 150 g/mol. The Morgan fingerprint density at radius 1 is 1.42 bits per heavy atom. The molecule has 0 saturated heterocycles. The first-order valence-electron chi connectivity index (χ1n) is 4.95. The standard InChI is InChI=1S/C10H23NO/c1-5-6-7-10(4,12)11-8-9(2)3/h9,11-12H,5-8H2,1-4H3. The first-order valence-corrected chi connectivity index (χ1v) is 4.95. The van der Waals surface area contributed by atoms with Crippen molar-refractivity contribution in [2.24, 2.45) is 5.92 Å². The quantitative estimate of drug-likeness (QED) is 0.603. The van der Waals surface area contributed by atoms with Gasteiger partial charge in [0, 0.05) is 6.54 Å². The van der Waals surface area contributed by atoms with Crippen molar-refractivity contribution in [3.05, 3.63) is 0 Å². The van der Waals surface area contributed by atoms with Gasteiger partial charge in [0.05, 0.1) is 0 Å². The highest BCUT2D eigenvalue weighted by Gasteiger charge is 2.17. The summed E-state index contributed by atoms with van der Waals surface area (Å²) in [6, 6.07) is 0. The van der Waals surface area contributed by atoms with Gasteiger partial charge in [-0.05, 0) is 25.7 Å². The fourth-order valence-electron chi connectivity index (χ4n) is 1.03. The molecule has 2 N–H and O–H groups in total. The molecule has 0 rings (SSSR count). The molecule has 2 nitrogen and oxygen atoms in total. The van der Waals surface area contributed by atoms with Gasteiger partial charge in [0.15, 0.2) is 0 Å². The van der Waals surface area contributed by atoms with Crippen LogP contribution in [0.15, 0.2) is 0 Å². The molecule has 0 amide bonds. The molecule has 0 saturated carbocycles. The van der Waals surface area contributed by atoms with E-state index < -0.39 is 5.72 Å². The molecule has 0 aromatic heterocycles. The number of aliphatic hydroxyl groups is 1. The fraction of sp³-hybridized carbons (Fsp3) is 1.00. The zero-order valence-corrected chi connectivity index (χ0v) is 8.85. The molecular formula is C10H23NO. The van der Waals surface area contributed by atoms with Crippen LogP contribution in [0, 0.1) is 5.92 Å². The molecule has 2 heteroatoms. The van der Waals surface area contributed by atoms with Gasteiger partial charge in [0.1, 0.15) is 5.72 Å². The molecule has 1 unspecified atom stereocenters. The predicted octanol–water partition coefficient (Wildman–Crippen LogP) is 2.13. The molecule has 1 atom stereocenters. The summed E-state index contributed by atoms with van der Waals surface area (Å²) in [5.41, 5.74) is -0.666. The second-order valence-corrected chi connectivity index (χ2v) is 4.15. The summed E-state index contributed by atoms with van der Waals surface area (Å²) in [5.74, 6) is 0.595. The minimum atomic E-state index is -0.666. The molecule has 0 aromatic rings. The molecule has 0 heterocycles. The predicted molar refractivity (Wildman–Crippen MR) is 53.0 cm³/mol. The van der Waals surface area contributed by atoms with Gasteiger partial charge in [-0.3, -0.25) is 5.32 Å². The van der Waals surface area contributed by atoms with Gasteiger partial charge < -0.3 is 5.11 Å². The highest BCUT2D eigenvalue weighted by atomic mass is 16.3. The second kappa shape index (κ2) is 5.55. The van der Waals surface area contributed by atoms with Crippen molar-refractivity contribution < 1.29 is 5.11 Å². The topological polar surface area (TPSA) is 32.3 Å². The van der Waals surface area contributed by atoms with Crippen LogP contribution in [0.3, 0.4) is 0 Å². The molecule has 0 radical (unpaired) electrons. The minimum absolute atomic E-state index is 0.595. The summed E-state index contributed by atoms with van der Waals surface area (Å²) in [4.78, 5) is 0. The van der Waals surface area contributed by atoms with Crippen molar-refractivity contribution in [1.29, 1.82) is 0 Å². The highest BCUT2D eigenvalue weighted by molar-refractivity contribution is 4.69. The molecule has 12 heavy (non-hydrogen) atoms. The summed E-state index contributed by atoms with van der Waals surface area (Å²) in [5, 5.41) is 12.9. The molecule has 0 bridgehead atoms. The van der Waals surface area contributed by atoms with E-state index in [9.17, 15) is 5.11 Å². The van der Waals surface area contributed by atoms with Gasteiger partial charge >= 0.3 is 0 Å². The maximum Gasteiger partial charge on any atom is 0.113 e. The van der Waals surface area contributed by atoms with E-state index in [4.69, 9.17) is 0 Å². The summed E-state index contributed by atoms with van der Waals surface area (Å²) in [6.45, 7) is 9.16. The van der Waals surface area contributed by atoms with Gasteiger partial charge in [0.2, 0.25) is 0 Å². The zero-order chi connectivity index (χ0) is 9.61. The van der Waals surface area contributed by atoms with Gasteiger partial charge in [-0.15, -0.1) is 0 Å². The smallest absolute Gasteiger partial charge is 0.113 e. The number of nitrogens with one attached hydrogen (secondary N) is 1. The Kier molecular flexibility index (Phi) is 5.51. The first kappa shape index (κ1) is 11.9. The molecule has 74 valence electrons. The zero-order valence-electron chi connectivity index (χ0n) is 8.85. The Balaban J connectivity index is 3.56. The lowest BCUT2D eigenvalue weighted by Crippen LogP contribution is -2.43. The Labute approximate surface area is 76.4 Å². The molecule has 0 aromatic carbocycles. The van der Waals surface area contributed by atoms with Crippen LogP contribution in [0.25, 0.3) is 0 Å². The Morgan fingerprint density at radius 2 is 2.00 bits per heavy atom. The van der Waals surface area contributed by atoms with Crippen LogP contribution in [-0.4, -0.2) is 17.4 Å². The third-order valence-corrected chi connectivity index (χ3v) is 1.91. The van der Waals surface area contributed by atoms with E-state index >= 15 is 0 Å². The summed E-state index contributed by atoms with van der Waals surface area (Å²) < 4.78 is 0. The van der Waals surface area contributed by atoms with Crippen LogP contribution in [0.4, 0.5) is 0 Å². The summed E-state index contributed by atoms with van der Waals surface area (Å²) in [7, 11) is 0. The number of hydrogen-bond donors (Lipinski definition) is 2. The SMILES string of the molecule is CCCCC(C)(O)NCC(C)C. The maximum atomic E-state index is 9.78. The number of hydrogen-bond acceptors (Lipinski definition) is 2. The van der Waals surface area contributed by atoms with Crippen LogP contribution in [0.2, 0.25) is 0 Å². The Hall–Kier alpha value is -0.0800. The lowest BCUT2D eigenvalue weighted by atomic mass is 10.1. The Bertz CT molecular complexity index is 110. The van der Waals surface area contributed by atoms with Crippen molar-refractivity contribution in [2.75, 3.05) is 6.54 Å². The van der Waals surface area contributed by atoms with Crippen molar-refractivity contribution >= 4 is 0 Å². The lowest BCUT2D eigenvalue weighted by Gasteiger charge is -2.25. The molecule has 0 spiro atoms. The Morgan fingerprint density at radius 3 is 2.42 bits per heavy atom. The second-order valence-electron chi connectivity index (χ2n) is 4.15. The largest absolute Gasteiger partial charge is 0.376 e. The normalized spacial score (nSPS) is 16.5. The van der Waals surface area contributed by atoms with E-state index in [1.165, 1.54) is 0 Å². The molecule has 0 aliphatic carbocycles. The van der Waals surface area contributed by atoms with Gasteiger partial charge in [-0.25, -0.2) is 0 Å². The van der Waals surface area contributed by atoms with E-state index in [1.807, 2.05) is 6.92 Å². The van der Waals surface area contributed by atoms with Crippen molar-refractivity contribution in [3.63, 3.8) is 0 Å². The maximum absolute atomic E-state index is 9.78. The van der Waals surface area contributed by atoms with Gasteiger partial charge in [-0.1, -0.05) is 27.2 Å². The lowest BCUT2D eigenvalue weighted by molar-refractivity contribution is 0.0111. The van der Waals surface area contributed by atoms with E-state index in [2.05, 4.69) is 26.1 Å². The van der Waals surface area contributed by atoms with E-state index in [0.29, 0.717) is 5.92 Å².